The summed E-state index contributed by atoms with van der Waals surface area (Å²) in [5, 5.41) is 15.2. The average molecular weight is 273 g/mol. The summed E-state index contributed by atoms with van der Waals surface area (Å²) in [5.41, 5.74) is 1.40. The summed E-state index contributed by atoms with van der Waals surface area (Å²) in [7, 11) is 6.60. The summed E-state index contributed by atoms with van der Waals surface area (Å²) < 4.78 is 0.990. The van der Waals surface area contributed by atoms with E-state index in [-0.39, 0.29) is 17.9 Å². The van der Waals surface area contributed by atoms with Crippen molar-refractivity contribution in [2.24, 2.45) is 0 Å². The van der Waals surface area contributed by atoms with Crippen molar-refractivity contribution in [2.45, 2.75) is 13.5 Å². The zero-order chi connectivity index (χ0) is 14.4. The highest BCUT2D eigenvalue weighted by Crippen LogP contribution is 2.05. The Morgan fingerprint density at radius 3 is 1.68 bits per heavy atom. The van der Waals surface area contributed by atoms with Crippen molar-refractivity contribution < 1.29 is 19.4 Å². The quantitative estimate of drug-likeness (QED) is 0.551. The van der Waals surface area contributed by atoms with Crippen molar-refractivity contribution in [1.29, 1.82) is 0 Å². The fraction of sp³-hybridized carbons (Fsp3) is 0.467. The van der Waals surface area contributed by atoms with Crippen LogP contribution in [0.4, 0.5) is 0 Å². The Balaban J connectivity index is -0.000000272. The molecule has 0 radical (unpaired) electrons. The first-order chi connectivity index (χ1) is 8.41. The first kappa shape index (κ1) is 22.9. The molecule has 0 amide bonds. The lowest BCUT2D eigenvalue weighted by Gasteiger charge is -2.23. The summed E-state index contributed by atoms with van der Waals surface area (Å²) in [6.45, 7) is 6.10. The number of aliphatic hydroxyl groups is 2. The van der Waals surface area contributed by atoms with Crippen LogP contribution in [0.15, 0.2) is 43.0 Å². The summed E-state index contributed by atoms with van der Waals surface area (Å²) in [6, 6.07) is 10.6. The van der Waals surface area contributed by atoms with Crippen LogP contribution in [0.2, 0.25) is 0 Å². The van der Waals surface area contributed by atoms with Crippen LogP contribution in [-0.2, 0) is 6.54 Å². The van der Waals surface area contributed by atoms with E-state index < -0.39 is 0 Å². The topological polar surface area (TPSA) is 40.5 Å². The van der Waals surface area contributed by atoms with Crippen LogP contribution in [0, 0.1) is 0 Å². The Hall–Kier alpha value is -1.23. The Morgan fingerprint density at radius 1 is 1.05 bits per heavy atom. The second-order valence-corrected chi connectivity index (χ2v) is 4.79. The van der Waals surface area contributed by atoms with E-state index in [0.717, 1.165) is 11.0 Å². The smallest absolute Gasteiger partial charge is 0.104 e. The molecule has 0 fully saturated rings. The minimum absolute atomic E-state index is 0. The fourth-order valence-electron chi connectivity index (χ4n) is 1.13. The summed E-state index contributed by atoms with van der Waals surface area (Å²) in [6.07, 6.45) is 1.75. The number of hydrogen-bond donors (Lipinski definition) is 2. The van der Waals surface area contributed by atoms with Gasteiger partial charge in [-0.15, -0.1) is 6.58 Å². The van der Waals surface area contributed by atoms with E-state index >= 15 is 0 Å². The highest BCUT2D eigenvalue weighted by atomic mass is 19.0. The molecule has 0 aliphatic heterocycles. The van der Waals surface area contributed by atoms with Gasteiger partial charge in [0.15, 0.2) is 0 Å². The molecule has 4 heteroatoms. The highest BCUT2D eigenvalue weighted by molar-refractivity contribution is 5.13. The molecule has 0 saturated carbocycles. The van der Waals surface area contributed by atoms with Gasteiger partial charge in [0.2, 0.25) is 0 Å². The van der Waals surface area contributed by atoms with Crippen LogP contribution < -0.4 is 4.70 Å². The van der Waals surface area contributed by atoms with Crippen molar-refractivity contribution in [1.82, 2.24) is 0 Å². The number of benzene rings is 1. The average Bonchev–Trinajstić information content (AvgIpc) is 2.29. The maximum atomic E-state index is 7.62. The molecule has 2 N–H and O–H groups in total. The van der Waals surface area contributed by atoms with Crippen LogP contribution in [0.3, 0.4) is 0 Å². The Morgan fingerprint density at radius 2 is 1.42 bits per heavy atom. The maximum Gasteiger partial charge on any atom is 0.104 e. The van der Waals surface area contributed by atoms with E-state index in [1.165, 1.54) is 5.56 Å². The van der Waals surface area contributed by atoms with Crippen LogP contribution in [-0.4, -0.2) is 49.1 Å². The van der Waals surface area contributed by atoms with Gasteiger partial charge in [0.1, 0.15) is 6.54 Å². The second kappa shape index (κ2) is 14.8. The molecule has 1 aromatic carbocycles. The van der Waals surface area contributed by atoms with E-state index in [1.807, 2.05) is 6.92 Å². The lowest BCUT2D eigenvalue weighted by molar-refractivity contribution is -0.884. The first-order valence-corrected chi connectivity index (χ1v) is 6.04. The normalized spacial score (nSPS) is 8.95. The van der Waals surface area contributed by atoms with Crippen LogP contribution in [0.25, 0.3) is 0 Å². The Labute approximate surface area is 116 Å². The third kappa shape index (κ3) is 22.4. The predicted octanol–water partition coefficient (Wildman–Crippen LogP) is -0.940. The summed E-state index contributed by atoms with van der Waals surface area (Å²) in [4.78, 5) is 0. The van der Waals surface area contributed by atoms with Gasteiger partial charge in [-0.25, -0.2) is 0 Å². The van der Waals surface area contributed by atoms with E-state index in [2.05, 4.69) is 58.1 Å². The van der Waals surface area contributed by atoms with Gasteiger partial charge >= 0.3 is 0 Å². The number of quaternary nitrogens is 1. The standard InChI is InChI=1S/C10H16N.C3H6.C2H6O2.FH/c1-11(2,3)9-10-7-5-4-6-8-10;1-3-2;3-1-2-4;/h4-8H,9H2,1-3H3;3H,1H2,2H3;3-4H,1-2H2;1H/q+1;;;/p-1. The summed E-state index contributed by atoms with van der Waals surface area (Å²) in [5.74, 6) is 0. The van der Waals surface area contributed by atoms with Gasteiger partial charge in [-0.1, -0.05) is 36.4 Å². The minimum Gasteiger partial charge on any atom is -1.00 e. The van der Waals surface area contributed by atoms with Gasteiger partial charge in [0.05, 0.1) is 34.4 Å². The Kier molecular flexibility index (Phi) is 17.9. The molecule has 0 aromatic heterocycles. The number of allylic oxidation sites excluding steroid dienone is 1. The van der Waals surface area contributed by atoms with Gasteiger partial charge in [0, 0.05) is 5.56 Å². The summed E-state index contributed by atoms with van der Waals surface area (Å²) >= 11 is 0. The molecule has 0 saturated heterocycles. The largest absolute Gasteiger partial charge is 1.00 e. The van der Waals surface area contributed by atoms with E-state index in [0.29, 0.717) is 0 Å². The maximum absolute atomic E-state index is 7.62. The monoisotopic (exact) mass is 273 g/mol. The SMILES string of the molecule is C=CC.C[N+](C)(C)Cc1ccccc1.OCCO.[F-]. The molecule has 19 heavy (non-hydrogen) atoms. The number of nitrogens with zero attached hydrogens (tertiary/aromatic N) is 1. The molecule has 0 bridgehead atoms. The van der Waals surface area contributed by atoms with Gasteiger partial charge in [-0.3, -0.25) is 0 Å². The van der Waals surface area contributed by atoms with Crippen molar-refractivity contribution in [3.63, 3.8) is 0 Å². The molecule has 0 unspecified atom stereocenters. The molecule has 0 heterocycles. The molecular formula is C15H28FNO2. The molecule has 112 valence electrons. The van der Waals surface area contributed by atoms with Crippen LogP contribution in [0.5, 0.6) is 0 Å². The number of halogens is 1. The van der Waals surface area contributed by atoms with Crippen LogP contribution in [0.1, 0.15) is 12.5 Å². The molecular weight excluding hydrogens is 245 g/mol. The van der Waals surface area contributed by atoms with E-state index in [9.17, 15) is 0 Å². The number of hydrogen-bond acceptors (Lipinski definition) is 2. The van der Waals surface area contributed by atoms with Gasteiger partial charge in [-0.05, 0) is 6.92 Å². The van der Waals surface area contributed by atoms with Gasteiger partial charge < -0.3 is 19.4 Å². The molecule has 0 atom stereocenters. The number of aliphatic hydroxyl groups excluding tert-OH is 2. The van der Waals surface area contributed by atoms with Gasteiger partial charge in [0.25, 0.3) is 0 Å². The molecule has 1 rings (SSSR count). The Bertz CT molecular complexity index is 282. The third-order valence-corrected chi connectivity index (χ3v) is 1.60. The zero-order valence-electron chi connectivity index (χ0n) is 12.5. The first-order valence-electron chi connectivity index (χ1n) is 6.04. The highest BCUT2D eigenvalue weighted by Gasteiger charge is 2.06. The van der Waals surface area contributed by atoms with Crippen molar-refractivity contribution in [3.05, 3.63) is 48.6 Å². The second-order valence-electron chi connectivity index (χ2n) is 4.79. The van der Waals surface area contributed by atoms with E-state index in [4.69, 9.17) is 10.2 Å². The molecule has 0 aliphatic carbocycles. The predicted molar refractivity (Wildman–Crippen MR) is 78.2 cm³/mol. The molecule has 0 spiro atoms. The zero-order valence-corrected chi connectivity index (χ0v) is 12.5. The minimum atomic E-state index is -0.125. The lowest BCUT2D eigenvalue weighted by Crippen LogP contribution is -3.00. The third-order valence-electron chi connectivity index (χ3n) is 1.60. The van der Waals surface area contributed by atoms with Crippen molar-refractivity contribution in [2.75, 3.05) is 34.4 Å². The fourth-order valence-corrected chi connectivity index (χ4v) is 1.13. The lowest BCUT2D eigenvalue weighted by atomic mass is 10.2. The van der Waals surface area contributed by atoms with Crippen LogP contribution >= 0.6 is 0 Å². The van der Waals surface area contributed by atoms with E-state index in [1.54, 1.807) is 6.08 Å². The number of rotatable bonds is 3. The molecule has 1 aromatic rings. The van der Waals surface area contributed by atoms with Crippen molar-refractivity contribution in [3.8, 4) is 0 Å². The van der Waals surface area contributed by atoms with Gasteiger partial charge in [-0.2, -0.15) is 0 Å². The molecule has 3 nitrogen and oxygen atoms in total. The molecule has 0 aliphatic rings. The van der Waals surface area contributed by atoms with Crippen molar-refractivity contribution >= 4 is 0 Å².